The highest BCUT2D eigenvalue weighted by molar-refractivity contribution is 5.79. The molecule has 3 aromatic rings. The molecule has 0 aliphatic carbocycles. The zero-order valence-corrected chi connectivity index (χ0v) is 19.1. The Hall–Kier alpha value is -3.62. The molecule has 170 valence electrons. The summed E-state index contributed by atoms with van der Waals surface area (Å²) in [6, 6.07) is 12.7. The van der Waals surface area contributed by atoms with Gasteiger partial charge in [0.05, 0.1) is 27.3 Å². The Morgan fingerprint density at radius 3 is 2.41 bits per heavy atom. The lowest BCUT2D eigenvalue weighted by Crippen LogP contribution is -2.38. The number of rotatable bonds is 8. The molecule has 0 aliphatic heterocycles. The second-order valence-corrected chi connectivity index (χ2v) is 7.39. The Balaban J connectivity index is 1.77. The van der Waals surface area contributed by atoms with Crippen molar-refractivity contribution in [3.05, 3.63) is 71.1 Å². The van der Waals surface area contributed by atoms with Gasteiger partial charge in [0.1, 0.15) is 11.6 Å². The van der Waals surface area contributed by atoms with Crippen LogP contribution in [0.5, 0.6) is 11.5 Å². The molecule has 9 heteroatoms. The fourth-order valence-electron chi connectivity index (χ4n) is 3.13. The van der Waals surface area contributed by atoms with Crippen molar-refractivity contribution in [1.82, 2.24) is 25.0 Å². The molecule has 0 fully saturated rings. The molecular formula is C23H29FN6O2. The van der Waals surface area contributed by atoms with Gasteiger partial charge in [-0.05, 0) is 42.3 Å². The zero-order valence-electron chi connectivity index (χ0n) is 19.1. The van der Waals surface area contributed by atoms with Crippen molar-refractivity contribution in [2.45, 2.75) is 26.6 Å². The molecule has 1 aromatic heterocycles. The Labute approximate surface area is 187 Å². The first-order chi connectivity index (χ1) is 15.4. The van der Waals surface area contributed by atoms with Crippen molar-refractivity contribution >= 4 is 5.96 Å². The second kappa shape index (κ2) is 10.6. The van der Waals surface area contributed by atoms with E-state index in [0.29, 0.717) is 25.6 Å². The van der Waals surface area contributed by atoms with Crippen LogP contribution in [0.15, 0.2) is 47.5 Å². The van der Waals surface area contributed by atoms with Crippen LogP contribution < -0.4 is 14.8 Å². The van der Waals surface area contributed by atoms with Gasteiger partial charge in [0.25, 0.3) is 0 Å². The van der Waals surface area contributed by atoms with Gasteiger partial charge < -0.3 is 24.3 Å². The van der Waals surface area contributed by atoms with Crippen molar-refractivity contribution in [3.8, 4) is 11.5 Å². The van der Waals surface area contributed by atoms with Crippen molar-refractivity contribution in [3.63, 3.8) is 0 Å². The van der Waals surface area contributed by atoms with Crippen molar-refractivity contribution in [2.24, 2.45) is 12.0 Å². The summed E-state index contributed by atoms with van der Waals surface area (Å²) in [5, 5.41) is 11.6. The number of ether oxygens (including phenoxy) is 2. The van der Waals surface area contributed by atoms with E-state index >= 15 is 0 Å². The summed E-state index contributed by atoms with van der Waals surface area (Å²) in [5.74, 6) is 2.92. The van der Waals surface area contributed by atoms with Crippen LogP contribution in [-0.4, -0.2) is 46.9 Å². The quantitative estimate of drug-likeness (QED) is 0.429. The predicted octanol–water partition coefficient (Wildman–Crippen LogP) is 3.06. The van der Waals surface area contributed by atoms with Gasteiger partial charge in [-0.1, -0.05) is 18.2 Å². The minimum Gasteiger partial charge on any atom is -0.497 e. The maximum absolute atomic E-state index is 14.1. The van der Waals surface area contributed by atoms with Gasteiger partial charge in [-0.3, -0.25) is 0 Å². The van der Waals surface area contributed by atoms with E-state index in [1.165, 1.54) is 13.2 Å². The molecule has 0 bridgehead atoms. The number of aryl methyl sites for hydroxylation is 1. The average molecular weight is 441 g/mol. The SMILES string of the molecule is COc1ccc(CN=C(NCc2nnc(C)n2C)N(C)Cc2ccc(OC)c(F)c2)cc1. The lowest BCUT2D eigenvalue weighted by molar-refractivity contribution is 0.385. The minimum absolute atomic E-state index is 0.223. The van der Waals surface area contributed by atoms with E-state index in [4.69, 9.17) is 14.5 Å². The Kier molecular flexibility index (Phi) is 7.64. The number of aliphatic imine (C=N–C) groups is 1. The maximum atomic E-state index is 14.1. The van der Waals surface area contributed by atoms with Crippen LogP contribution in [0.3, 0.4) is 0 Å². The molecule has 8 nitrogen and oxygen atoms in total. The molecule has 3 rings (SSSR count). The lowest BCUT2D eigenvalue weighted by Gasteiger charge is -2.23. The molecule has 0 saturated heterocycles. The third kappa shape index (κ3) is 5.75. The molecule has 0 spiro atoms. The Morgan fingerprint density at radius 2 is 1.81 bits per heavy atom. The number of methoxy groups -OCH3 is 2. The zero-order chi connectivity index (χ0) is 23.1. The fraction of sp³-hybridized carbons (Fsp3) is 0.348. The fourth-order valence-corrected chi connectivity index (χ4v) is 3.13. The molecule has 0 amide bonds. The van der Waals surface area contributed by atoms with E-state index in [2.05, 4.69) is 15.5 Å². The topological polar surface area (TPSA) is 76.8 Å². The summed E-state index contributed by atoms with van der Waals surface area (Å²) < 4.78 is 26.3. The second-order valence-electron chi connectivity index (χ2n) is 7.39. The van der Waals surface area contributed by atoms with Gasteiger partial charge >= 0.3 is 0 Å². The van der Waals surface area contributed by atoms with Crippen LogP contribution in [0.1, 0.15) is 22.8 Å². The first-order valence-electron chi connectivity index (χ1n) is 10.2. The van der Waals surface area contributed by atoms with Gasteiger partial charge in [0.15, 0.2) is 23.4 Å². The monoisotopic (exact) mass is 440 g/mol. The first-order valence-corrected chi connectivity index (χ1v) is 10.2. The summed E-state index contributed by atoms with van der Waals surface area (Å²) in [7, 11) is 6.92. The third-order valence-corrected chi connectivity index (χ3v) is 5.16. The van der Waals surface area contributed by atoms with Crippen molar-refractivity contribution < 1.29 is 13.9 Å². The van der Waals surface area contributed by atoms with E-state index in [1.54, 1.807) is 13.2 Å². The lowest BCUT2D eigenvalue weighted by atomic mass is 10.2. The van der Waals surface area contributed by atoms with Gasteiger partial charge in [-0.15, -0.1) is 10.2 Å². The van der Waals surface area contributed by atoms with Crippen LogP contribution in [0.2, 0.25) is 0 Å². The summed E-state index contributed by atoms with van der Waals surface area (Å²) in [5.41, 5.74) is 1.85. The van der Waals surface area contributed by atoms with Gasteiger partial charge in [-0.25, -0.2) is 9.38 Å². The molecular weight excluding hydrogens is 411 g/mol. The van der Waals surface area contributed by atoms with Gasteiger partial charge in [0, 0.05) is 20.6 Å². The number of nitrogens with zero attached hydrogens (tertiary/aromatic N) is 5. The van der Waals surface area contributed by atoms with Crippen LogP contribution in [-0.2, 0) is 26.7 Å². The molecule has 2 aromatic carbocycles. The molecule has 0 saturated carbocycles. The van der Waals surface area contributed by atoms with Gasteiger partial charge in [0.2, 0.25) is 0 Å². The van der Waals surface area contributed by atoms with E-state index in [1.807, 2.05) is 60.8 Å². The number of halogens is 1. The van der Waals surface area contributed by atoms with E-state index in [-0.39, 0.29) is 5.75 Å². The van der Waals surface area contributed by atoms with Crippen LogP contribution in [0.25, 0.3) is 0 Å². The molecule has 1 N–H and O–H groups in total. The smallest absolute Gasteiger partial charge is 0.194 e. The average Bonchev–Trinajstić information content (AvgIpc) is 3.11. The highest BCUT2D eigenvalue weighted by atomic mass is 19.1. The summed E-state index contributed by atoms with van der Waals surface area (Å²) in [4.78, 5) is 6.71. The summed E-state index contributed by atoms with van der Waals surface area (Å²) in [6.07, 6.45) is 0. The number of benzene rings is 2. The molecule has 0 radical (unpaired) electrons. The highest BCUT2D eigenvalue weighted by Gasteiger charge is 2.12. The summed E-state index contributed by atoms with van der Waals surface area (Å²) >= 11 is 0. The molecule has 1 heterocycles. The van der Waals surface area contributed by atoms with E-state index < -0.39 is 5.82 Å². The van der Waals surface area contributed by atoms with Crippen LogP contribution in [0.4, 0.5) is 4.39 Å². The maximum Gasteiger partial charge on any atom is 0.194 e. The number of hydrogen-bond acceptors (Lipinski definition) is 5. The Morgan fingerprint density at radius 1 is 1.09 bits per heavy atom. The van der Waals surface area contributed by atoms with E-state index in [9.17, 15) is 4.39 Å². The Bertz CT molecular complexity index is 1060. The largest absolute Gasteiger partial charge is 0.497 e. The molecule has 0 atom stereocenters. The molecule has 0 aliphatic rings. The van der Waals surface area contributed by atoms with Crippen LogP contribution >= 0.6 is 0 Å². The predicted molar refractivity (Wildman–Crippen MR) is 121 cm³/mol. The minimum atomic E-state index is -0.391. The number of nitrogens with one attached hydrogen (secondary N) is 1. The van der Waals surface area contributed by atoms with Crippen molar-refractivity contribution in [1.29, 1.82) is 0 Å². The number of hydrogen-bond donors (Lipinski definition) is 1. The van der Waals surface area contributed by atoms with Crippen LogP contribution in [0, 0.1) is 12.7 Å². The normalized spacial score (nSPS) is 11.4. The summed E-state index contributed by atoms with van der Waals surface area (Å²) in [6.45, 7) is 3.30. The first kappa shape index (κ1) is 23.1. The van der Waals surface area contributed by atoms with Crippen molar-refractivity contribution in [2.75, 3.05) is 21.3 Å². The molecule has 32 heavy (non-hydrogen) atoms. The number of aromatic nitrogens is 3. The molecule has 0 unspecified atom stereocenters. The third-order valence-electron chi connectivity index (χ3n) is 5.16. The number of guanidine groups is 1. The van der Waals surface area contributed by atoms with Gasteiger partial charge in [-0.2, -0.15) is 0 Å². The standard InChI is InChI=1S/C23H29FN6O2/c1-16-27-28-22(30(16)3)14-26-23(25-13-17-6-9-19(31-4)10-7-17)29(2)15-18-8-11-21(32-5)20(24)12-18/h6-12H,13-15H2,1-5H3,(H,25,26). The van der Waals surface area contributed by atoms with E-state index in [0.717, 1.165) is 28.5 Å². The highest BCUT2D eigenvalue weighted by Crippen LogP contribution is 2.18.